The Balaban J connectivity index is 1.91. The lowest BCUT2D eigenvalue weighted by atomic mass is 9.96. The number of hydrogen-bond donors (Lipinski definition) is 1. The second-order valence-corrected chi connectivity index (χ2v) is 4.61. The zero-order valence-electron chi connectivity index (χ0n) is 9.28. The predicted molar refractivity (Wildman–Crippen MR) is 61.8 cm³/mol. The molecular weight excluding hydrogens is 186 g/mol. The van der Waals surface area contributed by atoms with Crippen LogP contribution in [0.3, 0.4) is 0 Å². The Labute approximate surface area is 91.4 Å². The normalized spacial score (nSPS) is 18.5. The van der Waals surface area contributed by atoms with E-state index in [-0.39, 0.29) is 6.04 Å². The van der Waals surface area contributed by atoms with Gasteiger partial charge in [-0.2, -0.15) is 0 Å². The van der Waals surface area contributed by atoms with Gasteiger partial charge in [0.1, 0.15) is 0 Å². The number of hydrogen-bond acceptors (Lipinski definition) is 2. The van der Waals surface area contributed by atoms with Crippen LogP contribution in [0, 0.1) is 5.92 Å². The molecule has 2 N–H and O–H groups in total. The summed E-state index contributed by atoms with van der Waals surface area (Å²) in [5, 5.41) is 0. The van der Waals surface area contributed by atoms with Crippen molar-refractivity contribution in [3.63, 3.8) is 0 Å². The maximum atomic E-state index is 5.76. The van der Waals surface area contributed by atoms with E-state index in [1.54, 1.807) is 0 Å². The van der Waals surface area contributed by atoms with Crippen LogP contribution in [0.25, 0.3) is 0 Å². The monoisotopic (exact) mass is 205 g/mol. The van der Waals surface area contributed by atoms with Crippen LogP contribution in [0.5, 0.6) is 0 Å². The van der Waals surface area contributed by atoms with Crippen molar-refractivity contribution in [2.75, 3.05) is 13.2 Å². The summed E-state index contributed by atoms with van der Waals surface area (Å²) in [6.07, 6.45) is 2.12. The van der Waals surface area contributed by atoms with Crippen molar-refractivity contribution >= 4 is 0 Å². The highest BCUT2D eigenvalue weighted by atomic mass is 16.5. The molecule has 1 aliphatic rings. The van der Waals surface area contributed by atoms with E-state index in [2.05, 4.69) is 24.3 Å². The highest BCUT2D eigenvalue weighted by Gasteiger charge is 2.18. The molecule has 1 atom stereocenters. The fourth-order valence-corrected chi connectivity index (χ4v) is 1.92. The van der Waals surface area contributed by atoms with Gasteiger partial charge in [0.15, 0.2) is 0 Å². The van der Waals surface area contributed by atoms with E-state index in [0.29, 0.717) is 0 Å². The largest absolute Gasteiger partial charge is 0.381 e. The zero-order chi connectivity index (χ0) is 10.7. The minimum Gasteiger partial charge on any atom is -0.381 e. The quantitative estimate of drug-likeness (QED) is 0.813. The molecule has 1 aromatic carbocycles. The van der Waals surface area contributed by atoms with Gasteiger partial charge in [-0.15, -0.1) is 0 Å². The topological polar surface area (TPSA) is 35.2 Å². The van der Waals surface area contributed by atoms with Gasteiger partial charge in [-0.1, -0.05) is 24.3 Å². The van der Waals surface area contributed by atoms with E-state index in [0.717, 1.165) is 32.0 Å². The molecule has 0 spiro atoms. The Hall–Kier alpha value is -0.860. The lowest BCUT2D eigenvalue weighted by Gasteiger charge is -2.25. The first-order chi connectivity index (χ1) is 7.24. The maximum absolute atomic E-state index is 5.76. The third-order valence-electron chi connectivity index (χ3n) is 2.81. The average molecular weight is 205 g/mol. The molecule has 1 unspecified atom stereocenters. The average Bonchev–Trinajstić information content (AvgIpc) is 2.13. The van der Waals surface area contributed by atoms with Crippen LogP contribution in [0.2, 0.25) is 0 Å². The Morgan fingerprint density at radius 2 is 1.87 bits per heavy atom. The van der Waals surface area contributed by atoms with Gasteiger partial charge in [-0.25, -0.2) is 0 Å². The second kappa shape index (κ2) is 4.77. The first kappa shape index (κ1) is 10.7. The highest BCUT2D eigenvalue weighted by molar-refractivity contribution is 5.23. The smallest absolute Gasteiger partial charge is 0.0519 e. The van der Waals surface area contributed by atoms with Crippen LogP contribution in [0.15, 0.2) is 24.3 Å². The number of benzene rings is 1. The zero-order valence-corrected chi connectivity index (χ0v) is 9.28. The second-order valence-electron chi connectivity index (χ2n) is 4.61. The Kier molecular flexibility index (Phi) is 3.39. The maximum Gasteiger partial charge on any atom is 0.0519 e. The molecule has 0 aliphatic carbocycles. The first-order valence-corrected chi connectivity index (χ1v) is 5.65. The Morgan fingerprint density at radius 1 is 1.27 bits per heavy atom. The molecule has 15 heavy (non-hydrogen) atoms. The van der Waals surface area contributed by atoms with Crippen LogP contribution in [0.1, 0.15) is 18.1 Å². The highest BCUT2D eigenvalue weighted by Crippen LogP contribution is 2.17. The van der Waals surface area contributed by atoms with Crippen LogP contribution in [0.4, 0.5) is 0 Å². The lowest BCUT2D eigenvalue weighted by molar-refractivity contribution is -0.0312. The SMILES string of the molecule is CC(N)Cc1ccc(CC2COC2)cc1. The summed E-state index contributed by atoms with van der Waals surface area (Å²) in [7, 11) is 0. The van der Waals surface area contributed by atoms with Crippen molar-refractivity contribution in [3.8, 4) is 0 Å². The molecule has 0 aromatic heterocycles. The molecular formula is C13H19NO. The summed E-state index contributed by atoms with van der Waals surface area (Å²) in [6, 6.07) is 9.07. The number of nitrogens with two attached hydrogens (primary N) is 1. The summed E-state index contributed by atoms with van der Waals surface area (Å²) >= 11 is 0. The van der Waals surface area contributed by atoms with Crippen LogP contribution < -0.4 is 5.73 Å². The third-order valence-corrected chi connectivity index (χ3v) is 2.81. The molecule has 82 valence electrons. The van der Waals surface area contributed by atoms with Gasteiger partial charge >= 0.3 is 0 Å². The molecule has 2 nitrogen and oxygen atoms in total. The van der Waals surface area contributed by atoms with E-state index in [9.17, 15) is 0 Å². The molecule has 0 amide bonds. The third kappa shape index (κ3) is 3.05. The minimum absolute atomic E-state index is 0.246. The van der Waals surface area contributed by atoms with Gasteiger partial charge in [0.2, 0.25) is 0 Å². The van der Waals surface area contributed by atoms with Crippen LogP contribution >= 0.6 is 0 Å². The van der Waals surface area contributed by atoms with Crippen molar-refractivity contribution in [2.24, 2.45) is 11.7 Å². The van der Waals surface area contributed by atoms with E-state index >= 15 is 0 Å². The molecule has 1 aromatic rings. The fourth-order valence-electron chi connectivity index (χ4n) is 1.92. The minimum atomic E-state index is 0.246. The van der Waals surface area contributed by atoms with Gasteiger partial charge in [0, 0.05) is 12.0 Å². The van der Waals surface area contributed by atoms with E-state index in [1.807, 2.05) is 6.92 Å². The van der Waals surface area contributed by atoms with Gasteiger partial charge in [0.25, 0.3) is 0 Å². The van der Waals surface area contributed by atoms with Gasteiger partial charge in [0.05, 0.1) is 13.2 Å². The van der Waals surface area contributed by atoms with Gasteiger partial charge in [-0.05, 0) is 30.9 Å². The molecule has 1 fully saturated rings. The molecule has 1 aliphatic heterocycles. The first-order valence-electron chi connectivity index (χ1n) is 5.65. The molecule has 2 rings (SSSR count). The predicted octanol–water partition coefficient (Wildman–Crippen LogP) is 1.77. The molecule has 2 heteroatoms. The lowest BCUT2D eigenvalue weighted by Crippen LogP contribution is -2.29. The van der Waals surface area contributed by atoms with Crippen molar-refractivity contribution in [1.82, 2.24) is 0 Å². The van der Waals surface area contributed by atoms with E-state index < -0.39 is 0 Å². The standard InChI is InChI=1S/C13H19NO/c1-10(14)6-11-2-4-12(5-3-11)7-13-8-15-9-13/h2-5,10,13H,6-9,14H2,1H3. The number of rotatable bonds is 4. The van der Waals surface area contributed by atoms with Gasteiger partial charge < -0.3 is 10.5 Å². The van der Waals surface area contributed by atoms with E-state index in [1.165, 1.54) is 11.1 Å². The molecule has 0 saturated carbocycles. The van der Waals surface area contributed by atoms with Crippen LogP contribution in [-0.4, -0.2) is 19.3 Å². The molecule has 0 bridgehead atoms. The summed E-state index contributed by atoms with van der Waals surface area (Å²) < 4.78 is 5.17. The van der Waals surface area contributed by atoms with Crippen LogP contribution in [-0.2, 0) is 17.6 Å². The van der Waals surface area contributed by atoms with Crippen molar-refractivity contribution < 1.29 is 4.74 Å². The molecule has 0 radical (unpaired) electrons. The molecule has 1 saturated heterocycles. The fraction of sp³-hybridized carbons (Fsp3) is 0.538. The van der Waals surface area contributed by atoms with E-state index in [4.69, 9.17) is 10.5 Å². The van der Waals surface area contributed by atoms with Crippen molar-refractivity contribution in [1.29, 1.82) is 0 Å². The summed E-state index contributed by atoms with van der Waals surface area (Å²) in [6.45, 7) is 3.91. The van der Waals surface area contributed by atoms with Crippen molar-refractivity contribution in [3.05, 3.63) is 35.4 Å². The summed E-state index contributed by atoms with van der Waals surface area (Å²) in [5.41, 5.74) is 8.50. The van der Waals surface area contributed by atoms with Gasteiger partial charge in [-0.3, -0.25) is 0 Å². The Bertz CT molecular complexity index is 301. The Morgan fingerprint density at radius 3 is 2.33 bits per heavy atom. The van der Waals surface area contributed by atoms with Crippen molar-refractivity contribution in [2.45, 2.75) is 25.8 Å². The summed E-state index contributed by atoms with van der Waals surface area (Å²) in [4.78, 5) is 0. The summed E-state index contributed by atoms with van der Waals surface area (Å²) in [5.74, 6) is 0.740. The number of ether oxygens (including phenoxy) is 1. The molecule has 1 heterocycles.